The average Bonchev–Trinajstić information content (AvgIpc) is 0.896. The van der Waals surface area contributed by atoms with Crippen molar-refractivity contribution in [2.75, 3.05) is 39.6 Å². The lowest BCUT2D eigenvalue weighted by Crippen LogP contribution is -2.30. The zero-order valence-electron chi connectivity index (χ0n) is 67.5. The van der Waals surface area contributed by atoms with Gasteiger partial charge in [-0.25, -0.2) is 9.13 Å². The first-order valence-electron chi connectivity index (χ1n) is 41.7. The molecule has 0 rings (SSSR count). The number of allylic oxidation sites excluding steroid dienone is 26. The van der Waals surface area contributed by atoms with Crippen LogP contribution in [0.15, 0.2) is 158 Å². The minimum absolute atomic E-state index is 0.0231. The van der Waals surface area contributed by atoms with E-state index < -0.39 is 97.5 Å². The fourth-order valence-corrected chi connectivity index (χ4v) is 12.3. The SMILES string of the molecule is CC/C=C\C/C=C\C/C=C\C/C=C\C/C=C\C/C=C\CCC(=O)OC[C@H](COP(=O)(O)OC[C@@H](O)COP(=O)(O)OC[C@@H](COC(=O)CCCCCCCCC/C=C\CCCCCC)OC(=O)CCCCCCC/C=C\CCCCCCCC)OC(=O)CCCCC/C=C\C/C=C\C/C=C\C/C=C\C/C=C\CC. The second kappa shape index (κ2) is 79.8. The highest BCUT2D eigenvalue weighted by Crippen LogP contribution is 2.45. The van der Waals surface area contributed by atoms with Crippen molar-refractivity contribution in [3.8, 4) is 0 Å². The van der Waals surface area contributed by atoms with Gasteiger partial charge in [-0.3, -0.25) is 37.3 Å². The molecule has 0 fully saturated rings. The van der Waals surface area contributed by atoms with E-state index in [0.29, 0.717) is 32.1 Å². The Morgan fingerprint density at radius 3 is 0.824 bits per heavy atom. The van der Waals surface area contributed by atoms with Crippen LogP contribution in [0, 0.1) is 0 Å². The van der Waals surface area contributed by atoms with Gasteiger partial charge >= 0.3 is 39.5 Å². The highest BCUT2D eigenvalue weighted by Gasteiger charge is 2.30. The lowest BCUT2D eigenvalue weighted by molar-refractivity contribution is -0.161. The van der Waals surface area contributed by atoms with Crippen molar-refractivity contribution in [3.63, 3.8) is 0 Å². The Balaban J connectivity index is 5.49. The smallest absolute Gasteiger partial charge is 0.462 e. The first-order valence-corrected chi connectivity index (χ1v) is 44.7. The maximum absolute atomic E-state index is 13.1. The standard InChI is InChI=1S/C89H148O17P2/c1-5-9-13-17-21-25-29-33-37-39-41-43-47-50-54-58-62-66-70-74-87(92)100-80-85(106-89(94)76-72-68-64-60-56-52-48-44-42-40-38-34-30-26-22-18-14-10-6-2)82-104-108(97,98)102-78-83(90)77-101-107(95,96)103-81-84(105-88(93)75-71-67-63-59-55-51-46-36-32-28-24-20-16-12-8-4)79-99-86(91)73-69-65-61-57-53-49-45-35-31-27-23-19-15-11-7-3/h9-10,13-14,21-22,25-27,31,33-34,36-38,41-44,46,50,52,54,56,62,66,83-85,90H,5-8,11-12,15-20,23-24,28-30,32,35,39-40,45,47-49,51,53,55,57-61,63-65,67-82H2,1-4H3,(H,95,96)(H,97,98)/b13-9-,14-10-,25-21-,26-22-,31-27-,37-33-,38-34-,43-41-,44-42-,46-36-,54-50-,56-52-,66-62-/t83-,84+,85+/m0/s1. The van der Waals surface area contributed by atoms with Crippen LogP contribution in [-0.2, 0) is 65.4 Å². The van der Waals surface area contributed by atoms with Gasteiger partial charge in [0.1, 0.15) is 19.3 Å². The molecule has 0 bridgehead atoms. The molecule has 0 aromatic carbocycles. The number of carbonyl (C=O) groups is 4. The summed E-state index contributed by atoms with van der Waals surface area (Å²) in [5.41, 5.74) is 0. The molecule has 108 heavy (non-hydrogen) atoms. The third kappa shape index (κ3) is 78.8. The van der Waals surface area contributed by atoms with E-state index in [2.05, 4.69) is 167 Å². The average molecular weight is 1550 g/mol. The number of ether oxygens (including phenoxy) is 4. The number of unbranched alkanes of at least 4 members (excludes halogenated alkanes) is 25. The number of aliphatic hydroxyl groups is 1. The highest BCUT2D eigenvalue weighted by atomic mass is 31.2. The second-order valence-corrected chi connectivity index (χ2v) is 30.2. The Morgan fingerprint density at radius 2 is 0.500 bits per heavy atom. The van der Waals surface area contributed by atoms with E-state index >= 15 is 0 Å². The number of esters is 4. The predicted molar refractivity (Wildman–Crippen MR) is 445 cm³/mol. The number of hydrogen-bond donors (Lipinski definition) is 3. The number of hydrogen-bond acceptors (Lipinski definition) is 15. The zero-order valence-corrected chi connectivity index (χ0v) is 69.3. The highest BCUT2D eigenvalue weighted by molar-refractivity contribution is 7.47. The first-order chi connectivity index (χ1) is 52.7. The van der Waals surface area contributed by atoms with Crippen LogP contribution >= 0.6 is 15.6 Å². The van der Waals surface area contributed by atoms with Crippen molar-refractivity contribution in [1.82, 2.24) is 0 Å². The van der Waals surface area contributed by atoms with Gasteiger partial charge in [-0.2, -0.15) is 0 Å². The molecule has 0 aliphatic carbocycles. The van der Waals surface area contributed by atoms with Crippen LogP contribution in [0.3, 0.4) is 0 Å². The van der Waals surface area contributed by atoms with Crippen LogP contribution in [0.1, 0.15) is 323 Å². The van der Waals surface area contributed by atoms with Gasteiger partial charge in [0.25, 0.3) is 0 Å². The molecule has 19 heteroatoms. The molecule has 0 amide bonds. The molecule has 0 heterocycles. The lowest BCUT2D eigenvalue weighted by atomic mass is 10.1. The summed E-state index contributed by atoms with van der Waals surface area (Å²) in [6.45, 7) is 4.51. The van der Waals surface area contributed by atoms with Gasteiger partial charge in [-0.05, 0) is 161 Å². The number of phosphoric acid groups is 2. The first kappa shape index (κ1) is 103. The molecule has 3 N–H and O–H groups in total. The van der Waals surface area contributed by atoms with Crippen molar-refractivity contribution in [1.29, 1.82) is 0 Å². The van der Waals surface area contributed by atoms with Crippen molar-refractivity contribution < 1.29 is 80.2 Å². The van der Waals surface area contributed by atoms with Crippen LogP contribution in [0.4, 0.5) is 0 Å². The molecule has 616 valence electrons. The number of rotatable bonds is 77. The molecular formula is C89H148O17P2. The Bertz CT molecular complexity index is 2660. The van der Waals surface area contributed by atoms with Gasteiger partial charge in [0.15, 0.2) is 12.2 Å². The molecule has 0 radical (unpaired) electrons. The molecule has 0 aliphatic rings. The van der Waals surface area contributed by atoms with E-state index in [1.165, 1.54) is 77.0 Å². The molecule has 2 unspecified atom stereocenters. The largest absolute Gasteiger partial charge is 0.472 e. The molecule has 0 saturated carbocycles. The Labute approximate surface area is 655 Å². The molecule has 0 spiro atoms. The van der Waals surface area contributed by atoms with E-state index in [9.17, 15) is 43.2 Å². The van der Waals surface area contributed by atoms with Gasteiger partial charge in [-0.15, -0.1) is 0 Å². The predicted octanol–water partition coefficient (Wildman–Crippen LogP) is 24.8. The maximum atomic E-state index is 13.1. The number of aliphatic hydroxyl groups excluding tert-OH is 1. The van der Waals surface area contributed by atoms with Gasteiger partial charge in [0.05, 0.1) is 26.4 Å². The van der Waals surface area contributed by atoms with Gasteiger partial charge < -0.3 is 33.8 Å². The second-order valence-electron chi connectivity index (χ2n) is 27.3. The third-order valence-corrected chi connectivity index (χ3v) is 18.9. The quantitative estimate of drug-likeness (QED) is 0.0169. The van der Waals surface area contributed by atoms with Crippen molar-refractivity contribution >= 4 is 39.5 Å². The van der Waals surface area contributed by atoms with E-state index in [-0.39, 0.29) is 25.7 Å². The minimum atomic E-state index is -5.01. The summed E-state index contributed by atoms with van der Waals surface area (Å²) < 4.78 is 68.6. The summed E-state index contributed by atoms with van der Waals surface area (Å²) in [6.07, 6.45) is 93.7. The number of phosphoric ester groups is 2. The number of carbonyl (C=O) groups excluding carboxylic acids is 4. The van der Waals surface area contributed by atoms with E-state index in [4.69, 9.17) is 37.0 Å². The summed E-state index contributed by atoms with van der Waals surface area (Å²) in [5, 5.41) is 10.7. The molecule has 0 aliphatic heterocycles. The van der Waals surface area contributed by atoms with E-state index in [1.54, 1.807) is 0 Å². The summed E-state index contributed by atoms with van der Waals surface area (Å²) in [6, 6.07) is 0. The molecule has 0 aromatic heterocycles. The summed E-state index contributed by atoms with van der Waals surface area (Å²) in [7, 11) is -10.0. The van der Waals surface area contributed by atoms with Gasteiger partial charge in [-0.1, -0.05) is 295 Å². The van der Waals surface area contributed by atoms with Gasteiger partial charge in [0.2, 0.25) is 0 Å². The van der Waals surface area contributed by atoms with Crippen LogP contribution in [0.25, 0.3) is 0 Å². The van der Waals surface area contributed by atoms with Crippen molar-refractivity contribution in [2.24, 2.45) is 0 Å². The normalized spacial score (nSPS) is 14.6. The maximum Gasteiger partial charge on any atom is 0.472 e. The topological polar surface area (TPSA) is 237 Å². The molecule has 0 aromatic rings. The van der Waals surface area contributed by atoms with E-state index in [1.807, 2.05) is 18.2 Å². The monoisotopic (exact) mass is 1550 g/mol. The fourth-order valence-electron chi connectivity index (χ4n) is 10.7. The summed E-state index contributed by atoms with van der Waals surface area (Å²) in [4.78, 5) is 73.1. The summed E-state index contributed by atoms with van der Waals surface area (Å²) >= 11 is 0. The molecular weight excluding hydrogens is 1400 g/mol. The van der Waals surface area contributed by atoms with Crippen molar-refractivity contribution in [3.05, 3.63) is 158 Å². The Hall–Kier alpha value is -5.32. The minimum Gasteiger partial charge on any atom is -0.462 e. The summed E-state index contributed by atoms with van der Waals surface area (Å²) in [5.74, 6) is -2.33. The lowest BCUT2D eigenvalue weighted by Gasteiger charge is -2.21. The van der Waals surface area contributed by atoms with Crippen molar-refractivity contribution in [2.45, 2.75) is 341 Å². The van der Waals surface area contributed by atoms with Crippen LogP contribution in [-0.4, -0.2) is 96.7 Å². The van der Waals surface area contributed by atoms with E-state index in [0.717, 1.165) is 161 Å². The Kier molecular flexibility index (Phi) is 75.8. The Morgan fingerprint density at radius 1 is 0.269 bits per heavy atom. The van der Waals surface area contributed by atoms with Crippen LogP contribution in [0.2, 0.25) is 0 Å². The third-order valence-electron chi connectivity index (χ3n) is 17.0. The molecule has 17 nitrogen and oxygen atoms in total. The van der Waals surface area contributed by atoms with Gasteiger partial charge in [0, 0.05) is 25.7 Å². The van der Waals surface area contributed by atoms with Crippen LogP contribution < -0.4 is 0 Å². The van der Waals surface area contributed by atoms with Crippen LogP contribution in [0.5, 0.6) is 0 Å². The molecule has 0 saturated heterocycles. The molecule has 5 atom stereocenters. The fraction of sp³-hybridized carbons (Fsp3) is 0.663. The zero-order chi connectivity index (χ0) is 78.9.